The second-order valence-corrected chi connectivity index (χ2v) is 4.32. The van der Waals surface area contributed by atoms with Crippen molar-refractivity contribution in [1.82, 2.24) is 9.97 Å². The molecule has 0 bridgehead atoms. The first-order chi connectivity index (χ1) is 7.68. The molecule has 5 heteroatoms. The summed E-state index contributed by atoms with van der Waals surface area (Å²) in [6.45, 7) is 7.17. The minimum Gasteiger partial charge on any atom is -0.380 e. The molecule has 0 aliphatic carbocycles. The van der Waals surface area contributed by atoms with E-state index >= 15 is 0 Å². The molecule has 0 radical (unpaired) electrons. The van der Waals surface area contributed by atoms with E-state index in [1.165, 1.54) is 0 Å². The topological polar surface area (TPSA) is 38.2 Å². The number of halogens is 1. The normalized spacial score (nSPS) is 17.3. The third kappa shape index (κ3) is 2.44. The van der Waals surface area contributed by atoms with Gasteiger partial charge in [-0.15, -0.1) is 0 Å². The Labute approximate surface area is 101 Å². The van der Waals surface area contributed by atoms with E-state index in [9.17, 15) is 0 Å². The van der Waals surface area contributed by atoms with Gasteiger partial charge in [-0.05, 0) is 20.3 Å². The molecule has 88 valence electrons. The largest absolute Gasteiger partial charge is 0.380 e. The van der Waals surface area contributed by atoms with Crippen LogP contribution in [0.25, 0.3) is 0 Å². The zero-order valence-corrected chi connectivity index (χ0v) is 10.4. The summed E-state index contributed by atoms with van der Waals surface area (Å²) in [5.74, 6) is 0.787. The zero-order chi connectivity index (χ0) is 11.5. The molecule has 1 saturated heterocycles. The molecule has 0 N–H and O–H groups in total. The van der Waals surface area contributed by atoms with Crippen LogP contribution in [0.4, 0.5) is 5.82 Å². The molecule has 1 fully saturated rings. The molecule has 4 nitrogen and oxygen atoms in total. The molecule has 0 aromatic carbocycles. The molecule has 0 amide bonds. The summed E-state index contributed by atoms with van der Waals surface area (Å²) in [4.78, 5) is 11.0. The average molecular weight is 242 g/mol. The van der Waals surface area contributed by atoms with Crippen molar-refractivity contribution in [2.24, 2.45) is 0 Å². The standard InChI is InChI=1S/C11H16ClN3O/c1-8-9(2)14-11(10(12)13-8)15-4-3-6-16-7-5-15/h3-7H2,1-2H3. The van der Waals surface area contributed by atoms with Crippen molar-refractivity contribution in [3.63, 3.8) is 0 Å². The number of hydrogen-bond acceptors (Lipinski definition) is 4. The summed E-state index contributed by atoms with van der Waals surface area (Å²) < 4.78 is 5.41. The first-order valence-corrected chi connectivity index (χ1v) is 5.89. The van der Waals surface area contributed by atoms with Crippen LogP contribution in [-0.2, 0) is 4.74 Å². The molecule has 0 unspecified atom stereocenters. The van der Waals surface area contributed by atoms with E-state index in [0.717, 1.165) is 49.9 Å². The highest BCUT2D eigenvalue weighted by atomic mass is 35.5. The van der Waals surface area contributed by atoms with E-state index in [1.54, 1.807) is 0 Å². The number of anilines is 1. The van der Waals surface area contributed by atoms with E-state index in [-0.39, 0.29) is 0 Å². The highest BCUT2D eigenvalue weighted by Gasteiger charge is 2.16. The van der Waals surface area contributed by atoms with Gasteiger partial charge in [0.05, 0.1) is 18.0 Å². The fourth-order valence-corrected chi connectivity index (χ4v) is 2.01. The van der Waals surface area contributed by atoms with Crippen molar-refractivity contribution in [3.05, 3.63) is 16.5 Å². The lowest BCUT2D eigenvalue weighted by Crippen LogP contribution is -2.27. The van der Waals surface area contributed by atoms with Gasteiger partial charge in [0.15, 0.2) is 11.0 Å². The third-order valence-electron chi connectivity index (χ3n) is 2.77. The minimum absolute atomic E-state index is 0.491. The lowest BCUT2D eigenvalue weighted by molar-refractivity contribution is 0.152. The molecule has 1 aliphatic rings. The Morgan fingerprint density at radius 2 is 1.88 bits per heavy atom. The molecular formula is C11H16ClN3O. The second-order valence-electron chi connectivity index (χ2n) is 3.96. The summed E-state index contributed by atoms with van der Waals surface area (Å²) >= 11 is 6.13. The van der Waals surface area contributed by atoms with Crippen LogP contribution in [0.1, 0.15) is 17.8 Å². The van der Waals surface area contributed by atoms with Gasteiger partial charge in [0.25, 0.3) is 0 Å². The summed E-state index contributed by atoms with van der Waals surface area (Å²) in [6, 6.07) is 0. The molecule has 1 aromatic rings. The van der Waals surface area contributed by atoms with Gasteiger partial charge < -0.3 is 9.64 Å². The predicted molar refractivity (Wildman–Crippen MR) is 64.2 cm³/mol. The van der Waals surface area contributed by atoms with Crippen molar-refractivity contribution in [1.29, 1.82) is 0 Å². The Morgan fingerprint density at radius 3 is 2.69 bits per heavy atom. The van der Waals surface area contributed by atoms with Gasteiger partial charge in [-0.3, -0.25) is 0 Å². The first-order valence-electron chi connectivity index (χ1n) is 5.52. The van der Waals surface area contributed by atoms with Crippen molar-refractivity contribution in [3.8, 4) is 0 Å². The number of rotatable bonds is 1. The Bertz CT molecular complexity index is 376. The van der Waals surface area contributed by atoms with Crippen LogP contribution in [0.15, 0.2) is 0 Å². The predicted octanol–water partition coefficient (Wildman–Crippen LogP) is 1.97. The molecule has 2 heterocycles. The first kappa shape index (κ1) is 11.6. The Balaban J connectivity index is 2.27. The smallest absolute Gasteiger partial charge is 0.171 e. The van der Waals surface area contributed by atoms with Gasteiger partial charge in [-0.25, -0.2) is 9.97 Å². The number of aryl methyl sites for hydroxylation is 2. The monoisotopic (exact) mass is 241 g/mol. The van der Waals surface area contributed by atoms with E-state index in [0.29, 0.717) is 5.15 Å². The summed E-state index contributed by atoms with van der Waals surface area (Å²) in [6.07, 6.45) is 1.00. The molecule has 0 saturated carbocycles. The number of ether oxygens (including phenoxy) is 1. The highest BCUT2D eigenvalue weighted by molar-refractivity contribution is 6.31. The van der Waals surface area contributed by atoms with Crippen LogP contribution in [-0.4, -0.2) is 36.3 Å². The Kier molecular flexibility index (Phi) is 3.61. The molecule has 0 atom stereocenters. The van der Waals surface area contributed by atoms with Crippen molar-refractivity contribution >= 4 is 17.4 Å². The number of hydrogen-bond donors (Lipinski definition) is 0. The lowest BCUT2D eigenvalue weighted by atomic mass is 10.3. The fraction of sp³-hybridized carbons (Fsp3) is 0.636. The van der Waals surface area contributed by atoms with Crippen LogP contribution in [0.2, 0.25) is 5.15 Å². The number of nitrogens with zero attached hydrogens (tertiary/aromatic N) is 3. The van der Waals surface area contributed by atoms with Gasteiger partial charge in [0.1, 0.15) is 0 Å². The van der Waals surface area contributed by atoms with E-state index in [2.05, 4.69) is 14.9 Å². The van der Waals surface area contributed by atoms with Gasteiger partial charge in [-0.1, -0.05) is 11.6 Å². The lowest BCUT2D eigenvalue weighted by Gasteiger charge is -2.22. The SMILES string of the molecule is Cc1nc(Cl)c(N2CCCOCC2)nc1C. The molecule has 1 aliphatic heterocycles. The van der Waals surface area contributed by atoms with Crippen LogP contribution >= 0.6 is 11.6 Å². The summed E-state index contributed by atoms with van der Waals surface area (Å²) in [5.41, 5.74) is 1.82. The minimum atomic E-state index is 0.491. The van der Waals surface area contributed by atoms with Crippen LogP contribution < -0.4 is 4.90 Å². The number of aromatic nitrogens is 2. The summed E-state index contributed by atoms with van der Waals surface area (Å²) in [5, 5.41) is 0.491. The molecule has 16 heavy (non-hydrogen) atoms. The van der Waals surface area contributed by atoms with Crippen molar-refractivity contribution in [2.75, 3.05) is 31.2 Å². The van der Waals surface area contributed by atoms with Crippen LogP contribution in [0.3, 0.4) is 0 Å². The molecule has 1 aromatic heterocycles. The molecule has 0 spiro atoms. The van der Waals surface area contributed by atoms with Gasteiger partial charge in [0, 0.05) is 19.7 Å². The third-order valence-corrected chi connectivity index (χ3v) is 3.02. The van der Waals surface area contributed by atoms with Gasteiger partial charge >= 0.3 is 0 Å². The fourth-order valence-electron chi connectivity index (χ4n) is 1.72. The Morgan fingerprint density at radius 1 is 1.12 bits per heavy atom. The average Bonchev–Trinajstić information content (AvgIpc) is 2.52. The van der Waals surface area contributed by atoms with Gasteiger partial charge in [0.2, 0.25) is 0 Å². The maximum atomic E-state index is 6.13. The maximum absolute atomic E-state index is 6.13. The molecular weight excluding hydrogens is 226 g/mol. The quantitative estimate of drug-likeness (QED) is 0.754. The maximum Gasteiger partial charge on any atom is 0.171 e. The summed E-state index contributed by atoms with van der Waals surface area (Å²) in [7, 11) is 0. The van der Waals surface area contributed by atoms with E-state index in [1.807, 2.05) is 13.8 Å². The van der Waals surface area contributed by atoms with Crippen molar-refractivity contribution in [2.45, 2.75) is 20.3 Å². The highest BCUT2D eigenvalue weighted by Crippen LogP contribution is 2.23. The van der Waals surface area contributed by atoms with Gasteiger partial charge in [-0.2, -0.15) is 0 Å². The van der Waals surface area contributed by atoms with Crippen LogP contribution in [0.5, 0.6) is 0 Å². The second kappa shape index (κ2) is 4.97. The zero-order valence-electron chi connectivity index (χ0n) is 9.66. The van der Waals surface area contributed by atoms with Crippen molar-refractivity contribution < 1.29 is 4.74 Å². The van der Waals surface area contributed by atoms with Crippen LogP contribution in [0, 0.1) is 13.8 Å². The molecule has 2 rings (SSSR count). The van der Waals surface area contributed by atoms with E-state index < -0.39 is 0 Å². The van der Waals surface area contributed by atoms with E-state index in [4.69, 9.17) is 16.3 Å². The Hall–Kier alpha value is -0.870.